The Balaban J connectivity index is 2.16. The van der Waals surface area contributed by atoms with Crippen molar-refractivity contribution in [1.29, 1.82) is 5.26 Å². The van der Waals surface area contributed by atoms with Gasteiger partial charge in [-0.25, -0.2) is 0 Å². The third-order valence-electron chi connectivity index (χ3n) is 1.88. The second-order valence-corrected chi connectivity index (χ2v) is 4.22. The number of nitrogens with one attached hydrogen (secondary N) is 1. The molecule has 0 saturated heterocycles. The van der Waals surface area contributed by atoms with Gasteiger partial charge < -0.3 is 11.1 Å². The molecule has 0 aliphatic carbocycles. The van der Waals surface area contributed by atoms with E-state index in [-0.39, 0.29) is 0 Å². The maximum Gasteiger partial charge on any atom is 0.110 e. The fourth-order valence-electron chi connectivity index (χ4n) is 1.14. The van der Waals surface area contributed by atoms with Crippen LogP contribution in [-0.4, -0.2) is 13.1 Å². The molecule has 1 aromatic heterocycles. The molecule has 3 nitrogen and oxygen atoms in total. The summed E-state index contributed by atoms with van der Waals surface area (Å²) in [5, 5.41) is 11.9. The molecule has 0 fully saturated rings. The standard InChI is InChI=1S/C10H15N3S/c11-5-1-2-6-13-8-10-4-3-9(7-12)14-10/h3-4,13H,1-2,5-6,8,11H2. The predicted octanol–water partition coefficient (Wildman–Crippen LogP) is 1.45. The van der Waals surface area contributed by atoms with Crippen molar-refractivity contribution in [2.24, 2.45) is 5.73 Å². The zero-order valence-electron chi connectivity index (χ0n) is 8.12. The van der Waals surface area contributed by atoms with Crippen LogP contribution in [0.3, 0.4) is 0 Å². The van der Waals surface area contributed by atoms with Crippen molar-refractivity contribution in [3.05, 3.63) is 21.9 Å². The molecule has 0 radical (unpaired) electrons. The second kappa shape index (κ2) is 6.55. The summed E-state index contributed by atoms with van der Waals surface area (Å²) in [7, 11) is 0. The van der Waals surface area contributed by atoms with Crippen LogP contribution in [0, 0.1) is 11.3 Å². The smallest absolute Gasteiger partial charge is 0.110 e. The molecule has 76 valence electrons. The Labute approximate surface area is 88.5 Å². The van der Waals surface area contributed by atoms with Crippen LogP contribution >= 0.6 is 11.3 Å². The van der Waals surface area contributed by atoms with Gasteiger partial charge in [-0.15, -0.1) is 11.3 Å². The van der Waals surface area contributed by atoms with Crippen molar-refractivity contribution in [2.75, 3.05) is 13.1 Å². The summed E-state index contributed by atoms with van der Waals surface area (Å²) in [6.45, 7) is 2.62. The van der Waals surface area contributed by atoms with E-state index < -0.39 is 0 Å². The van der Waals surface area contributed by atoms with Crippen LogP contribution < -0.4 is 11.1 Å². The minimum absolute atomic E-state index is 0.763. The van der Waals surface area contributed by atoms with E-state index in [1.807, 2.05) is 12.1 Å². The maximum absolute atomic E-state index is 8.62. The third-order valence-corrected chi connectivity index (χ3v) is 2.87. The Morgan fingerprint density at radius 1 is 1.43 bits per heavy atom. The molecular weight excluding hydrogens is 194 g/mol. The van der Waals surface area contributed by atoms with Crippen molar-refractivity contribution in [3.8, 4) is 6.07 Å². The molecule has 1 heterocycles. The highest BCUT2D eigenvalue weighted by Gasteiger charge is 1.97. The largest absolute Gasteiger partial charge is 0.330 e. The molecular formula is C10H15N3S. The lowest BCUT2D eigenvalue weighted by Crippen LogP contribution is -2.15. The first-order valence-electron chi connectivity index (χ1n) is 4.76. The molecule has 1 aromatic rings. The molecule has 0 aliphatic rings. The molecule has 0 aromatic carbocycles. The van der Waals surface area contributed by atoms with Gasteiger partial charge in [-0.2, -0.15) is 5.26 Å². The van der Waals surface area contributed by atoms with Crippen molar-refractivity contribution in [1.82, 2.24) is 5.32 Å². The summed E-state index contributed by atoms with van der Waals surface area (Å²) in [5.41, 5.74) is 5.38. The van der Waals surface area contributed by atoms with Crippen molar-refractivity contribution in [2.45, 2.75) is 19.4 Å². The number of thiophene rings is 1. The van der Waals surface area contributed by atoms with Crippen LogP contribution in [0.2, 0.25) is 0 Å². The quantitative estimate of drug-likeness (QED) is 0.697. The Hall–Kier alpha value is -0.890. The predicted molar refractivity (Wildman–Crippen MR) is 59.0 cm³/mol. The van der Waals surface area contributed by atoms with Gasteiger partial charge in [0.2, 0.25) is 0 Å². The Bertz CT molecular complexity index is 301. The highest BCUT2D eigenvalue weighted by molar-refractivity contribution is 7.12. The maximum atomic E-state index is 8.62. The monoisotopic (exact) mass is 209 g/mol. The molecule has 3 N–H and O–H groups in total. The molecule has 0 amide bonds. The summed E-state index contributed by atoms with van der Waals surface area (Å²) in [5.74, 6) is 0. The van der Waals surface area contributed by atoms with E-state index in [4.69, 9.17) is 11.0 Å². The van der Waals surface area contributed by atoms with Crippen LogP contribution in [0.1, 0.15) is 22.6 Å². The third kappa shape index (κ3) is 3.88. The molecule has 4 heteroatoms. The van der Waals surface area contributed by atoms with Crippen LogP contribution in [-0.2, 0) is 6.54 Å². The van der Waals surface area contributed by atoms with E-state index in [0.29, 0.717) is 0 Å². The molecule has 0 spiro atoms. The van der Waals surface area contributed by atoms with E-state index >= 15 is 0 Å². The van der Waals surface area contributed by atoms with Crippen LogP contribution in [0.5, 0.6) is 0 Å². The summed E-state index contributed by atoms with van der Waals surface area (Å²) in [6, 6.07) is 5.99. The lowest BCUT2D eigenvalue weighted by molar-refractivity contribution is 0.631. The van der Waals surface area contributed by atoms with Gasteiger partial charge in [-0.05, 0) is 38.1 Å². The lowest BCUT2D eigenvalue weighted by atomic mass is 10.3. The van der Waals surface area contributed by atoms with E-state index in [0.717, 1.165) is 37.4 Å². The summed E-state index contributed by atoms with van der Waals surface area (Å²) in [6.07, 6.45) is 2.19. The molecule has 1 rings (SSSR count). The van der Waals surface area contributed by atoms with E-state index in [9.17, 15) is 0 Å². The highest BCUT2D eigenvalue weighted by Crippen LogP contribution is 2.14. The van der Waals surface area contributed by atoms with Crippen molar-refractivity contribution in [3.63, 3.8) is 0 Å². The van der Waals surface area contributed by atoms with Crippen molar-refractivity contribution >= 4 is 11.3 Å². The Morgan fingerprint density at radius 2 is 2.29 bits per heavy atom. The minimum Gasteiger partial charge on any atom is -0.330 e. The van der Waals surface area contributed by atoms with Gasteiger partial charge in [0.15, 0.2) is 0 Å². The molecule has 0 saturated carbocycles. The van der Waals surface area contributed by atoms with Gasteiger partial charge >= 0.3 is 0 Å². The van der Waals surface area contributed by atoms with Crippen LogP contribution in [0.15, 0.2) is 12.1 Å². The normalized spacial score (nSPS) is 10.0. The zero-order valence-corrected chi connectivity index (χ0v) is 8.94. The SMILES string of the molecule is N#Cc1ccc(CNCCCCN)s1. The number of hydrogen-bond donors (Lipinski definition) is 2. The van der Waals surface area contributed by atoms with E-state index in [1.165, 1.54) is 4.88 Å². The molecule has 14 heavy (non-hydrogen) atoms. The van der Waals surface area contributed by atoms with Gasteiger partial charge in [0.25, 0.3) is 0 Å². The Kier molecular flexibility index (Phi) is 5.23. The van der Waals surface area contributed by atoms with Crippen molar-refractivity contribution < 1.29 is 0 Å². The zero-order chi connectivity index (χ0) is 10.2. The highest BCUT2D eigenvalue weighted by atomic mass is 32.1. The summed E-state index contributed by atoms with van der Waals surface area (Å²) in [4.78, 5) is 2.00. The first-order chi connectivity index (χ1) is 6.86. The topological polar surface area (TPSA) is 61.8 Å². The van der Waals surface area contributed by atoms with Gasteiger partial charge in [0, 0.05) is 11.4 Å². The molecule has 0 unspecified atom stereocenters. The number of rotatable bonds is 6. The average molecular weight is 209 g/mol. The number of nitriles is 1. The van der Waals surface area contributed by atoms with Gasteiger partial charge in [-0.3, -0.25) is 0 Å². The van der Waals surface area contributed by atoms with Gasteiger partial charge in [-0.1, -0.05) is 0 Å². The Morgan fingerprint density at radius 3 is 2.93 bits per heavy atom. The minimum atomic E-state index is 0.763. The van der Waals surface area contributed by atoms with Gasteiger partial charge in [0.05, 0.1) is 0 Å². The number of unbranched alkanes of at least 4 members (excludes halogenated alkanes) is 1. The van der Waals surface area contributed by atoms with E-state index in [2.05, 4.69) is 11.4 Å². The molecule has 0 bridgehead atoms. The summed E-state index contributed by atoms with van der Waals surface area (Å²) >= 11 is 1.55. The fraction of sp³-hybridized carbons (Fsp3) is 0.500. The number of hydrogen-bond acceptors (Lipinski definition) is 4. The lowest BCUT2D eigenvalue weighted by Gasteiger charge is -2.01. The second-order valence-electron chi connectivity index (χ2n) is 3.05. The van der Waals surface area contributed by atoms with Gasteiger partial charge in [0.1, 0.15) is 10.9 Å². The average Bonchev–Trinajstić information content (AvgIpc) is 2.65. The molecule has 0 atom stereocenters. The first kappa shape index (κ1) is 11.2. The first-order valence-corrected chi connectivity index (χ1v) is 5.58. The summed E-state index contributed by atoms with van der Waals surface area (Å²) < 4.78 is 0. The fourth-order valence-corrected chi connectivity index (χ4v) is 1.91. The number of nitrogens with zero attached hydrogens (tertiary/aromatic N) is 1. The number of nitrogens with two attached hydrogens (primary N) is 1. The molecule has 0 aliphatic heterocycles. The van der Waals surface area contributed by atoms with Crippen LogP contribution in [0.25, 0.3) is 0 Å². The van der Waals surface area contributed by atoms with Crippen LogP contribution in [0.4, 0.5) is 0 Å². The van der Waals surface area contributed by atoms with E-state index in [1.54, 1.807) is 11.3 Å².